The van der Waals surface area contributed by atoms with Crippen LogP contribution in [0.2, 0.25) is 0 Å². The number of carbonyl (C=O) groups excluding carboxylic acids is 1. The minimum absolute atomic E-state index is 0.0804. The summed E-state index contributed by atoms with van der Waals surface area (Å²) in [5.74, 6) is -0.833. The number of amides is 1. The fraction of sp³-hybridized carbons (Fsp3) is 0.222. The zero-order chi connectivity index (χ0) is 19.0. The van der Waals surface area contributed by atoms with Gasteiger partial charge in [-0.15, -0.1) is 0 Å². The number of pyridine rings is 1. The molecule has 0 aliphatic rings. The van der Waals surface area contributed by atoms with Gasteiger partial charge in [0.1, 0.15) is 11.5 Å². The third kappa shape index (κ3) is 3.01. The van der Waals surface area contributed by atoms with Gasteiger partial charge in [-0.25, -0.2) is 14.2 Å². The van der Waals surface area contributed by atoms with Crippen LogP contribution in [0.1, 0.15) is 21.6 Å². The second-order valence-corrected chi connectivity index (χ2v) is 6.02. The van der Waals surface area contributed by atoms with Crippen LogP contribution in [-0.4, -0.2) is 20.0 Å². The standard InChI is InChI=1S/C18H17FN4O3/c1-10-8-13(16(24)20-9-11-4-6-12(19)7-5-11)14-15(21-10)22(2)18(26)23(3)17(14)25/h4-8H,9H2,1-3H3,(H,20,24). The highest BCUT2D eigenvalue weighted by molar-refractivity contribution is 6.05. The van der Waals surface area contributed by atoms with Gasteiger partial charge in [0.25, 0.3) is 11.5 Å². The summed E-state index contributed by atoms with van der Waals surface area (Å²) in [6, 6.07) is 7.24. The van der Waals surface area contributed by atoms with Gasteiger partial charge in [0.15, 0.2) is 0 Å². The van der Waals surface area contributed by atoms with Gasteiger partial charge in [-0.1, -0.05) is 12.1 Å². The molecule has 0 fully saturated rings. The molecule has 7 nitrogen and oxygen atoms in total. The second-order valence-electron chi connectivity index (χ2n) is 6.02. The Morgan fingerprint density at radius 2 is 1.81 bits per heavy atom. The Morgan fingerprint density at radius 3 is 2.46 bits per heavy atom. The first-order chi connectivity index (χ1) is 12.3. The van der Waals surface area contributed by atoms with Gasteiger partial charge in [-0.3, -0.25) is 18.7 Å². The highest BCUT2D eigenvalue weighted by atomic mass is 19.1. The maximum Gasteiger partial charge on any atom is 0.332 e. The van der Waals surface area contributed by atoms with Crippen LogP contribution in [0.5, 0.6) is 0 Å². The van der Waals surface area contributed by atoms with Gasteiger partial charge in [0, 0.05) is 26.3 Å². The lowest BCUT2D eigenvalue weighted by Gasteiger charge is -2.12. The Labute approximate surface area is 147 Å². The Hall–Kier alpha value is -3.29. The summed E-state index contributed by atoms with van der Waals surface area (Å²) in [6.07, 6.45) is 0. The lowest BCUT2D eigenvalue weighted by atomic mass is 10.1. The van der Waals surface area contributed by atoms with Crippen molar-refractivity contribution in [2.75, 3.05) is 0 Å². The van der Waals surface area contributed by atoms with Gasteiger partial charge >= 0.3 is 5.69 Å². The van der Waals surface area contributed by atoms with E-state index in [0.717, 1.165) is 10.1 Å². The van der Waals surface area contributed by atoms with Gasteiger partial charge in [0.05, 0.1) is 10.9 Å². The molecule has 0 aliphatic heterocycles. The molecule has 0 saturated carbocycles. The van der Waals surface area contributed by atoms with Gasteiger partial charge < -0.3 is 5.32 Å². The SMILES string of the molecule is Cc1cc(C(=O)NCc2ccc(F)cc2)c2c(=O)n(C)c(=O)n(C)c2n1. The molecule has 1 amide bonds. The number of hydrogen-bond acceptors (Lipinski definition) is 4. The molecule has 3 rings (SSSR count). The second kappa shape index (κ2) is 6.55. The van der Waals surface area contributed by atoms with E-state index in [4.69, 9.17) is 0 Å². The summed E-state index contributed by atoms with van der Waals surface area (Å²) in [5, 5.41) is 2.79. The van der Waals surface area contributed by atoms with Crippen molar-refractivity contribution in [2.45, 2.75) is 13.5 Å². The smallest absolute Gasteiger partial charge is 0.332 e. The first-order valence-corrected chi connectivity index (χ1v) is 7.89. The summed E-state index contributed by atoms with van der Waals surface area (Å²) in [6.45, 7) is 1.85. The normalized spacial score (nSPS) is 10.9. The molecular formula is C18H17FN4O3. The number of carbonyl (C=O) groups is 1. The topological polar surface area (TPSA) is 86.0 Å². The van der Waals surface area contributed by atoms with Crippen LogP contribution >= 0.6 is 0 Å². The van der Waals surface area contributed by atoms with Crippen LogP contribution < -0.4 is 16.6 Å². The van der Waals surface area contributed by atoms with Crippen molar-refractivity contribution in [3.63, 3.8) is 0 Å². The summed E-state index contributed by atoms with van der Waals surface area (Å²) in [7, 11) is 2.85. The van der Waals surface area contributed by atoms with E-state index in [1.807, 2.05) is 0 Å². The van der Waals surface area contributed by atoms with E-state index in [9.17, 15) is 18.8 Å². The van der Waals surface area contributed by atoms with Crippen molar-refractivity contribution in [3.05, 3.63) is 73.8 Å². The van der Waals surface area contributed by atoms with E-state index in [2.05, 4.69) is 10.3 Å². The number of rotatable bonds is 3. The molecule has 0 atom stereocenters. The zero-order valence-corrected chi connectivity index (χ0v) is 14.5. The van der Waals surface area contributed by atoms with E-state index in [1.165, 1.54) is 36.9 Å². The predicted octanol–water partition coefficient (Wildman–Crippen LogP) is 1.01. The van der Waals surface area contributed by atoms with Crippen LogP contribution in [0.3, 0.4) is 0 Å². The number of nitrogens with one attached hydrogen (secondary N) is 1. The van der Waals surface area contributed by atoms with Crippen LogP contribution in [0.15, 0.2) is 39.9 Å². The Morgan fingerprint density at radius 1 is 1.15 bits per heavy atom. The molecule has 1 aromatic carbocycles. The zero-order valence-electron chi connectivity index (χ0n) is 14.5. The highest BCUT2D eigenvalue weighted by Gasteiger charge is 2.19. The Bertz CT molecular complexity index is 1130. The molecule has 26 heavy (non-hydrogen) atoms. The lowest BCUT2D eigenvalue weighted by molar-refractivity contribution is 0.0952. The Kier molecular flexibility index (Phi) is 4.41. The number of benzene rings is 1. The molecule has 0 spiro atoms. The minimum atomic E-state index is -0.581. The van der Waals surface area contributed by atoms with Crippen LogP contribution in [0, 0.1) is 12.7 Å². The molecule has 0 unspecified atom stereocenters. The maximum absolute atomic E-state index is 13.0. The average molecular weight is 356 g/mol. The van der Waals surface area contributed by atoms with Crippen molar-refractivity contribution in [1.29, 1.82) is 0 Å². The fourth-order valence-electron chi connectivity index (χ4n) is 2.74. The molecule has 0 bridgehead atoms. The molecule has 1 N–H and O–H groups in total. The minimum Gasteiger partial charge on any atom is -0.348 e. The number of fused-ring (bicyclic) bond motifs is 1. The van der Waals surface area contributed by atoms with Crippen molar-refractivity contribution in [1.82, 2.24) is 19.4 Å². The third-order valence-corrected chi connectivity index (χ3v) is 4.15. The van der Waals surface area contributed by atoms with Crippen molar-refractivity contribution < 1.29 is 9.18 Å². The van der Waals surface area contributed by atoms with Crippen molar-refractivity contribution in [3.8, 4) is 0 Å². The van der Waals surface area contributed by atoms with Crippen molar-refractivity contribution in [2.24, 2.45) is 14.1 Å². The summed E-state index contributed by atoms with van der Waals surface area (Å²) in [4.78, 5) is 41.5. The number of aryl methyl sites for hydroxylation is 2. The largest absolute Gasteiger partial charge is 0.348 e. The van der Waals surface area contributed by atoms with Crippen molar-refractivity contribution >= 4 is 16.9 Å². The predicted molar refractivity (Wildman–Crippen MR) is 94.5 cm³/mol. The van der Waals surface area contributed by atoms with E-state index in [0.29, 0.717) is 5.69 Å². The quantitative estimate of drug-likeness (QED) is 0.759. The number of nitrogens with zero attached hydrogens (tertiary/aromatic N) is 3. The van der Waals surface area contributed by atoms with E-state index < -0.39 is 17.2 Å². The molecular weight excluding hydrogens is 339 g/mol. The third-order valence-electron chi connectivity index (χ3n) is 4.15. The number of hydrogen-bond donors (Lipinski definition) is 1. The highest BCUT2D eigenvalue weighted by Crippen LogP contribution is 2.14. The molecule has 0 radical (unpaired) electrons. The van der Waals surface area contributed by atoms with Crippen LogP contribution in [0.25, 0.3) is 11.0 Å². The summed E-state index contributed by atoms with van der Waals surface area (Å²) < 4.78 is 15.1. The summed E-state index contributed by atoms with van der Waals surface area (Å²) >= 11 is 0. The van der Waals surface area contributed by atoms with Crippen LogP contribution in [-0.2, 0) is 20.6 Å². The van der Waals surface area contributed by atoms with Gasteiger partial charge in [-0.2, -0.15) is 0 Å². The van der Waals surface area contributed by atoms with E-state index in [-0.39, 0.29) is 29.0 Å². The molecule has 3 aromatic rings. The molecule has 8 heteroatoms. The fourth-order valence-corrected chi connectivity index (χ4v) is 2.74. The van der Waals surface area contributed by atoms with E-state index in [1.54, 1.807) is 19.1 Å². The number of halogens is 1. The maximum atomic E-state index is 13.0. The first-order valence-electron chi connectivity index (χ1n) is 7.89. The average Bonchev–Trinajstić information content (AvgIpc) is 2.63. The monoisotopic (exact) mass is 356 g/mol. The van der Waals surface area contributed by atoms with E-state index >= 15 is 0 Å². The Balaban J connectivity index is 2.06. The summed E-state index contributed by atoms with van der Waals surface area (Å²) in [5.41, 5.74) is 0.430. The molecule has 134 valence electrons. The molecule has 2 heterocycles. The van der Waals surface area contributed by atoms with Crippen LogP contribution in [0.4, 0.5) is 4.39 Å². The first kappa shape index (κ1) is 17.5. The molecule has 2 aromatic heterocycles. The molecule has 0 saturated heterocycles. The van der Waals surface area contributed by atoms with Gasteiger partial charge in [-0.05, 0) is 30.7 Å². The lowest BCUT2D eigenvalue weighted by Crippen LogP contribution is -2.38. The number of aromatic nitrogens is 3. The molecule has 0 aliphatic carbocycles. The van der Waals surface area contributed by atoms with Gasteiger partial charge in [0.2, 0.25) is 0 Å².